The van der Waals surface area contributed by atoms with E-state index in [0.29, 0.717) is 11.3 Å². The summed E-state index contributed by atoms with van der Waals surface area (Å²) in [5, 5.41) is 11.6. The summed E-state index contributed by atoms with van der Waals surface area (Å²) in [6.07, 6.45) is 3.81. The van der Waals surface area contributed by atoms with E-state index in [0.717, 1.165) is 11.8 Å². The summed E-state index contributed by atoms with van der Waals surface area (Å²) in [4.78, 5) is 0.127. The summed E-state index contributed by atoms with van der Waals surface area (Å²) in [5.74, 6) is -0.0879. The number of benzene rings is 1. The molecule has 0 aliphatic carbocycles. The van der Waals surface area contributed by atoms with E-state index < -0.39 is 9.84 Å². The Morgan fingerprint density at radius 3 is 2.63 bits per heavy atom. The summed E-state index contributed by atoms with van der Waals surface area (Å²) in [6.45, 7) is 1.89. The van der Waals surface area contributed by atoms with Crippen molar-refractivity contribution in [2.75, 3.05) is 6.26 Å². The van der Waals surface area contributed by atoms with E-state index in [4.69, 9.17) is 11.1 Å². The van der Waals surface area contributed by atoms with Crippen molar-refractivity contribution >= 4 is 15.7 Å². The quantitative estimate of drug-likeness (QED) is 0.642. The number of nitrogens with zero attached hydrogens (tertiary/aromatic N) is 2. The van der Waals surface area contributed by atoms with Crippen molar-refractivity contribution < 1.29 is 8.42 Å². The predicted molar refractivity (Wildman–Crippen MR) is 72.4 cm³/mol. The van der Waals surface area contributed by atoms with Gasteiger partial charge in [0.05, 0.1) is 11.9 Å². The molecule has 1 heterocycles. The number of rotatable bonds is 3. The van der Waals surface area contributed by atoms with Crippen molar-refractivity contribution in [2.45, 2.75) is 11.8 Å². The number of sulfone groups is 1. The number of hydrogen-bond donors (Lipinski definition) is 2. The van der Waals surface area contributed by atoms with Gasteiger partial charge in [-0.25, -0.2) is 13.1 Å². The number of amidine groups is 1. The van der Waals surface area contributed by atoms with Gasteiger partial charge < -0.3 is 5.73 Å². The molecule has 0 radical (unpaired) electrons. The average molecular weight is 278 g/mol. The topological polar surface area (TPSA) is 102 Å². The number of aromatic nitrogens is 2. The van der Waals surface area contributed by atoms with E-state index in [9.17, 15) is 8.42 Å². The van der Waals surface area contributed by atoms with E-state index in [1.54, 1.807) is 12.1 Å². The first-order valence-corrected chi connectivity index (χ1v) is 7.38. The zero-order chi connectivity index (χ0) is 14.2. The normalized spacial score (nSPS) is 11.5. The molecule has 0 saturated heterocycles. The highest BCUT2D eigenvalue weighted by molar-refractivity contribution is 7.90. The van der Waals surface area contributed by atoms with E-state index >= 15 is 0 Å². The van der Waals surface area contributed by atoms with Crippen molar-refractivity contribution in [2.24, 2.45) is 5.73 Å². The van der Waals surface area contributed by atoms with Crippen molar-refractivity contribution in [3.63, 3.8) is 0 Å². The Balaban J connectivity index is 2.60. The lowest BCUT2D eigenvalue weighted by Crippen LogP contribution is -2.15. The molecule has 6 nitrogen and oxygen atoms in total. The Labute approximate surface area is 111 Å². The highest BCUT2D eigenvalue weighted by Crippen LogP contribution is 2.17. The molecule has 0 amide bonds. The molecule has 0 atom stereocenters. The third kappa shape index (κ3) is 2.65. The third-order valence-corrected chi connectivity index (χ3v) is 3.74. The minimum absolute atomic E-state index is 0.0879. The van der Waals surface area contributed by atoms with Gasteiger partial charge in [-0.3, -0.25) is 5.41 Å². The molecule has 7 heteroatoms. The SMILES string of the molecule is Cc1ccc(-n2cc(S(C)(=O)=O)cn2)c(C(=N)N)c1. The molecule has 0 fully saturated rings. The van der Waals surface area contributed by atoms with E-state index in [1.165, 1.54) is 17.1 Å². The lowest BCUT2D eigenvalue weighted by atomic mass is 10.1. The van der Waals surface area contributed by atoms with Gasteiger partial charge in [-0.2, -0.15) is 5.10 Å². The highest BCUT2D eigenvalue weighted by Gasteiger charge is 2.13. The van der Waals surface area contributed by atoms with Crippen LogP contribution in [0.5, 0.6) is 0 Å². The zero-order valence-corrected chi connectivity index (χ0v) is 11.4. The largest absolute Gasteiger partial charge is 0.384 e. The second kappa shape index (κ2) is 4.51. The molecular formula is C12H14N4O2S. The molecule has 100 valence electrons. The summed E-state index contributed by atoms with van der Waals surface area (Å²) < 4.78 is 24.3. The second-order valence-corrected chi connectivity index (χ2v) is 6.34. The first-order valence-electron chi connectivity index (χ1n) is 5.49. The summed E-state index contributed by atoms with van der Waals surface area (Å²) in [6, 6.07) is 5.37. The maximum Gasteiger partial charge on any atom is 0.178 e. The molecule has 1 aromatic heterocycles. The fraction of sp³-hybridized carbons (Fsp3) is 0.167. The Kier molecular flexibility index (Phi) is 3.15. The van der Waals surface area contributed by atoms with Crippen LogP contribution in [-0.4, -0.2) is 30.3 Å². The monoisotopic (exact) mass is 278 g/mol. The molecule has 0 saturated carbocycles. The zero-order valence-electron chi connectivity index (χ0n) is 10.6. The van der Waals surface area contributed by atoms with Crippen LogP contribution in [0.2, 0.25) is 0 Å². The maximum absolute atomic E-state index is 11.4. The molecule has 0 spiro atoms. The average Bonchev–Trinajstić information content (AvgIpc) is 2.77. The Hall–Kier alpha value is -2.15. The lowest BCUT2D eigenvalue weighted by molar-refractivity contribution is 0.602. The molecular weight excluding hydrogens is 264 g/mol. The second-order valence-electron chi connectivity index (χ2n) is 4.33. The molecule has 1 aromatic carbocycles. The van der Waals surface area contributed by atoms with Gasteiger partial charge in [-0.1, -0.05) is 11.6 Å². The van der Waals surface area contributed by atoms with Crippen LogP contribution in [0, 0.1) is 12.3 Å². The van der Waals surface area contributed by atoms with Crippen molar-refractivity contribution in [3.8, 4) is 5.69 Å². The minimum atomic E-state index is -3.30. The maximum atomic E-state index is 11.4. The van der Waals surface area contributed by atoms with Crippen LogP contribution in [0.1, 0.15) is 11.1 Å². The highest BCUT2D eigenvalue weighted by atomic mass is 32.2. The summed E-state index contributed by atoms with van der Waals surface area (Å²) >= 11 is 0. The van der Waals surface area contributed by atoms with Gasteiger partial charge in [0.2, 0.25) is 0 Å². The Morgan fingerprint density at radius 1 is 1.42 bits per heavy atom. The van der Waals surface area contributed by atoms with E-state index in [1.807, 2.05) is 13.0 Å². The van der Waals surface area contributed by atoms with E-state index in [-0.39, 0.29) is 10.7 Å². The minimum Gasteiger partial charge on any atom is -0.384 e. The molecule has 2 rings (SSSR count). The molecule has 3 N–H and O–H groups in total. The molecule has 19 heavy (non-hydrogen) atoms. The number of aryl methyl sites for hydroxylation is 1. The van der Waals surface area contributed by atoms with Crippen LogP contribution in [0.4, 0.5) is 0 Å². The number of nitrogens with one attached hydrogen (secondary N) is 1. The van der Waals surface area contributed by atoms with Gasteiger partial charge in [0.25, 0.3) is 0 Å². The van der Waals surface area contributed by atoms with Gasteiger partial charge in [-0.15, -0.1) is 0 Å². The smallest absolute Gasteiger partial charge is 0.178 e. The van der Waals surface area contributed by atoms with Crippen molar-refractivity contribution in [3.05, 3.63) is 41.7 Å². The molecule has 0 unspecified atom stereocenters. The Morgan fingerprint density at radius 2 is 2.11 bits per heavy atom. The van der Waals surface area contributed by atoms with Crippen LogP contribution < -0.4 is 5.73 Å². The number of nitrogens with two attached hydrogens (primary N) is 1. The molecule has 0 bridgehead atoms. The van der Waals surface area contributed by atoms with Crippen LogP contribution in [0.25, 0.3) is 5.69 Å². The first-order chi connectivity index (χ1) is 8.79. The fourth-order valence-electron chi connectivity index (χ4n) is 1.69. The third-order valence-electron chi connectivity index (χ3n) is 2.68. The standard InChI is InChI=1S/C12H14N4O2S/c1-8-3-4-11(10(5-8)12(13)14)16-7-9(6-15-16)19(2,17)18/h3-7H,1-2H3,(H3,13,14). The first kappa shape index (κ1) is 13.3. The van der Waals surface area contributed by atoms with Crippen LogP contribution in [0.15, 0.2) is 35.5 Å². The molecule has 2 aromatic rings. The van der Waals surface area contributed by atoms with Gasteiger partial charge >= 0.3 is 0 Å². The van der Waals surface area contributed by atoms with Gasteiger partial charge in [-0.05, 0) is 19.1 Å². The van der Waals surface area contributed by atoms with Crippen molar-refractivity contribution in [1.29, 1.82) is 5.41 Å². The summed E-state index contributed by atoms with van der Waals surface area (Å²) in [5.41, 5.74) is 7.59. The van der Waals surface area contributed by atoms with Crippen molar-refractivity contribution in [1.82, 2.24) is 9.78 Å². The predicted octanol–water partition coefficient (Wildman–Crippen LogP) is 0.868. The summed E-state index contributed by atoms with van der Waals surface area (Å²) in [7, 11) is -3.30. The number of hydrogen-bond acceptors (Lipinski definition) is 4. The van der Waals surface area contributed by atoms with Gasteiger partial charge in [0.1, 0.15) is 10.7 Å². The van der Waals surface area contributed by atoms with E-state index in [2.05, 4.69) is 5.10 Å². The molecule has 0 aliphatic heterocycles. The lowest BCUT2D eigenvalue weighted by Gasteiger charge is -2.09. The fourth-order valence-corrected chi connectivity index (χ4v) is 2.22. The Bertz CT molecular complexity index is 747. The molecule has 0 aliphatic rings. The van der Waals surface area contributed by atoms with Crippen LogP contribution >= 0.6 is 0 Å². The van der Waals surface area contributed by atoms with Crippen LogP contribution in [0.3, 0.4) is 0 Å². The van der Waals surface area contributed by atoms with Gasteiger partial charge in [0, 0.05) is 18.0 Å². The van der Waals surface area contributed by atoms with Gasteiger partial charge in [0.15, 0.2) is 9.84 Å². The van der Waals surface area contributed by atoms with Crippen LogP contribution in [-0.2, 0) is 9.84 Å². The number of nitrogen functional groups attached to an aromatic ring is 1.